The summed E-state index contributed by atoms with van der Waals surface area (Å²) in [4.78, 5) is 8.37. The van der Waals surface area contributed by atoms with Crippen LogP contribution in [0.2, 0.25) is 0 Å². The Labute approximate surface area is 117 Å². The molecule has 4 nitrogen and oxygen atoms in total. The molecule has 3 N–H and O–H groups in total. The number of rotatable bonds is 9. The second-order valence-corrected chi connectivity index (χ2v) is 5.37. The molecular formula is C15H28N4. The molecule has 0 unspecified atom stereocenters. The third kappa shape index (κ3) is 5.45. The SMILES string of the molecule is CCCCCCCCNc1ncnc(N)c1C(C)C. The first kappa shape index (κ1) is 15.7. The summed E-state index contributed by atoms with van der Waals surface area (Å²) in [6, 6.07) is 0. The summed E-state index contributed by atoms with van der Waals surface area (Å²) in [6.07, 6.45) is 9.34. The molecule has 0 atom stereocenters. The van der Waals surface area contributed by atoms with Gasteiger partial charge in [-0.15, -0.1) is 0 Å². The van der Waals surface area contributed by atoms with Gasteiger partial charge in [-0.05, 0) is 12.3 Å². The van der Waals surface area contributed by atoms with Crippen LogP contribution in [0.3, 0.4) is 0 Å². The zero-order valence-electron chi connectivity index (χ0n) is 12.6. The molecule has 1 aromatic heterocycles. The molecule has 0 radical (unpaired) electrons. The van der Waals surface area contributed by atoms with Gasteiger partial charge in [0.1, 0.15) is 18.0 Å². The first-order valence-electron chi connectivity index (χ1n) is 7.51. The van der Waals surface area contributed by atoms with Crippen LogP contribution in [0.25, 0.3) is 0 Å². The van der Waals surface area contributed by atoms with E-state index in [1.54, 1.807) is 0 Å². The summed E-state index contributed by atoms with van der Waals surface area (Å²) in [6.45, 7) is 7.44. The molecule has 0 spiro atoms. The lowest BCUT2D eigenvalue weighted by Gasteiger charge is -2.14. The predicted octanol–water partition coefficient (Wildman–Crippen LogP) is 3.95. The third-order valence-corrected chi connectivity index (χ3v) is 3.31. The minimum Gasteiger partial charge on any atom is -0.383 e. The molecule has 0 fully saturated rings. The normalized spacial score (nSPS) is 10.9. The van der Waals surface area contributed by atoms with E-state index in [9.17, 15) is 0 Å². The fourth-order valence-electron chi connectivity index (χ4n) is 2.23. The Bertz CT molecular complexity index is 363. The van der Waals surface area contributed by atoms with Gasteiger partial charge < -0.3 is 11.1 Å². The number of unbranched alkanes of at least 4 members (excludes halogenated alkanes) is 5. The molecule has 0 aliphatic heterocycles. The van der Waals surface area contributed by atoms with Gasteiger partial charge in [-0.1, -0.05) is 52.9 Å². The van der Waals surface area contributed by atoms with Crippen molar-refractivity contribution in [2.75, 3.05) is 17.6 Å². The monoisotopic (exact) mass is 264 g/mol. The van der Waals surface area contributed by atoms with Gasteiger partial charge in [0.25, 0.3) is 0 Å². The van der Waals surface area contributed by atoms with Gasteiger partial charge in [-0.3, -0.25) is 0 Å². The molecule has 0 saturated heterocycles. The second kappa shape index (κ2) is 8.73. The standard InChI is InChI=1S/C15H28N4/c1-4-5-6-7-8-9-10-17-15-13(12(2)3)14(16)18-11-19-15/h11-12H,4-10H2,1-3H3,(H3,16,17,18,19). The first-order valence-corrected chi connectivity index (χ1v) is 7.51. The molecule has 0 aliphatic rings. The van der Waals surface area contributed by atoms with E-state index in [2.05, 4.69) is 36.1 Å². The first-order chi connectivity index (χ1) is 9.16. The quantitative estimate of drug-likeness (QED) is 0.663. The Hall–Kier alpha value is -1.32. The number of nitrogen functional groups attached to an aromatic ring is 1. The topological polar surface area (TPSA) is 63.8 Å². The number of nitrogens with two attached hydrogens (primary N) is 1. The lowest BCUT2D eigenvalue weighted by molar-refractivity contribution is 0.616. The average molecular weight is 264 g/mol. The second-order valence-electron chi connectivity index (χ2n) is 5.37. The van der Waals surface area contributed by atoms with Gasteiger partial charge in [0, 0.05) is 12.1 Å². The summed E-state index contributed by atoms with van der Waals surface area (Å²) in [5, 5.41) is 3.40. The maximum Gasteiger partial charge on any atom is 0.134 e. The number of anilines is 2. The molecule has 108 valence electrons. The maximum absolute atomic E-state index is 5.92. The van der Waals surface area contributed by atoms with E-state index in [4.69, 9.17) is 5.73 Å². The molecule has 0 amide bonds. The van der Waals surface area contributed by atoms with E-state index in [-0.39, 0.29) is 0 Å². The highest BCUT2D eigenvalue weighted by molar-refractivity contribution is 5.56. The van der Waals surface area contributed by atoms with Crippen molar-refractivity contribution in [1.82, 2.24) is 9.97 Å². The van der Waals surface area contributed by atoms with Crippen LogP contribution in [-0.4, -0.2) is 16.5 Å². The van der Waals surface area contributed by atoms with Crippen molar-refractivity contribution in [2.45, 2.75) is 65.2 Å². The summed E-state index contributed by atoms with van der Waals surface area (Å²) in [7, 11) is 0. The molecule has 19 heavy (non-hydrogen) atoms. The Morgan fingerprint density at radius 1 is 1.11 bits per heavy atom. The fourth-order valence-corrected chi connectivity index (χ4v) is 2.23. The molecule has 4 heteroatoms. The van der Waals surface area contributed by atoms with Crippen molar-refractivity contribution in [3.63, 3.8) is 0 Å². The van der Waals surface area contributed by atoms with Gasteiger partial charge in [-0.25, -0.2) is 9.97 Å². The summed E-state index contributed by atoms with van der Waals surface area (Å²) >= 11 is 0. The fraction of sp³-hybridized carbons (Fsp3) is 0.733. The molecule has 1 heterocycles. The Kier molecular flexibility index (Phi) is 7.23. The predicted molar refractivity (Wildman–Crippen MR) is 82.4 cm³/mol. The van der Waals surface area contributed by atoms with E-state index in [0.717, 1.165) is 17.9 Å². The highest BCUT2D eigenvalue weighted by atomic mass is 15.0. The number of nitrogens with zero attached hydrogens (tertiary/aromatic N) is 2. The van der Waals surface area contributed by atoms with Crippen molar-refractivity contribution >= 4 is 11.6 Å². The molecule has 0 aromatic carbocycles. The van der Waals surface area contributed by atoms with Gasteiger partial charge in [-0.2, -0.15) is 0 Å². The molecule has 0 bridgehead atoms. The lowest BCUT2D eigenvalue weighted by atomic mass is 10.0. The minimum absolute atomic E-state index is 0.341. The Balaban J connectivity index is 2.35. The van der Waals surface area contributed by atoms with E-state index >= 15 is 0 Å². The highest BCUT2D eigenvalue weighted by Crippen LogP contribution is 2.26. The van der Waals surface area contributed by atoms with E-state index in [1.807, 2.05) is 0 Å². The Morgan fingerprint density at radius 3 is 2.47 bits per heavy atom. The molecule has 0 saturated carbocycles. The van der Waals surface area contributed by atoms with Gasteiger partial charge >= 0.3 is 0 Å². The lowest BCUT2D eigenvalue weighted by Crippen LogP contribution is -2.10. The van der Waals surface area contributed by atoms with Crippen LogP contribution in [0.4, 0.5) is 11.6 Å². The van der Waals surface area contributed by atoms with Crippen LogP contribution in [0.5, 0.6) is 0 Å². The Morgan fingerprint density at radius 2 is 1.79 bits per heavy atom. The van der Waals surface area contributed by atoms with Crippen LogP contribution in [0, 0.1) is 0 Å². The van der Waals surface area contributed by atoms with Crippen molar-refractivity contribution in [3.8, 4) is 0 Å². The summed E-state index contributed by atoms with van der Waals surface area (Å²) in [5.41, 5.74) is 6.95. The largest absolute Gasteiger partial charge is 0.383 e. The van der Waals surface area contributed by atoms with Crippen molar-refractivity contribution < 1.29 is 0 Å². The average Bonchev–Trinajstić information content (AvgIpc) is 2.37. The smallest absolute Gasteiger partial charge is 0.134 e. The molecule has 1 aromatic rings. The molecule has 1 rings (SSSR count). The van der Waals surface area contributed by atoms with Gasteiger partial charge in [0.2, 0.25) is 0 Å². The third-order valence-electron chi connectivity index (χ3n) is 3.31. The van der Waals surface area contributed by atoms with Crippen LogP contribution in [0.15, 0.2) is 6.33 Å². The maximum atomic E-state index is 5.92. The van der Waals surface area contributed by atoms with E-state index in [1.165, 1.54) is 44.9 Å². The minimum atomic E-state index is 0.341. The van der Waals surface area contributed by atoms with Crippen molar-refractivity contribution in [2.24, 2.45) is 0 Å². The summed E-state index contributed by atoms with van der Waals surface area (Å²) in [5.74, 6) is 1.83. The van der Waals surface area contributed by atoms with Crippen molar-refractivity contribution in [1.29, 1.82) is 0 Å². The zero-order valence-corrected chi connectivity index (χ0v) is 12.6. The molecule has 0 aliphatic carbocycles. The van der Waals surface area contributed by atoms with E-state index in [0.29, 0.717) is 11.7 Å². The van der Waals surface area contributed by atoms with E-state index < -0.39 is 0 Å². The number of nitrogens with one attached hydrogen (secondary N) is 1. The zero-order chi connectivity index (χ0) is 14.1. The number of hydrogen-bond donors (Lipinski definition) is 2. The van der Waals surface area contributed by atoms with Crippen LogP contribution in [-0.2, 0) is 0 Å². The van der Waals surface area contributed by atoms with Crippen LogP contribution in [0.1, 0.15) is 70.8 Å². The van der Waals surface area contributed by atoms with Crippen molar-refractivity contribution in [3.05, 3.63) is 11.9 Å². The molecular weight excluding hydrogens is 236 g/mol. The van der Waals surface area contributed by atoms with Gasteiger partial charge in [0.15, 0.2) is 0 Å². The summed E-state index contributed by atoms with van der Waals surface area (Å²) < 4.78 is 0. The van der Waals surface area contributed by atoms with Crippen LogP contribution >= 0.6 is 0 Å². The van der Waals surface area contributed by atoms with Crippen LogP contribution < -0.4 is 11.1 Å². The number of aromatic nitrogens is 2. The highest BCUT2D eigenvalue weighted by Gasteiger charge is 2.12. The number of hydrogen-bond acceptors (Lipinski definition) is 4. The van der Waals surface area contributed by atoms with Gasteiger partial charge in [0.05, 0.1) is 0 Å².